The monoisotopic (exact) mass is 282 g/mol. The Bertz CT molecular complexity index is 699. The first-order chi connectivity index (χ1) is 9.86. The van der Waals surface area contributed by atoms with Crippen molar-refractivity contribution in [1.29, 1.82) is 0 Å². The molecule has 0 aliphatic carbocycles. The molecule has 2 aromatic carbocycles. The molecule has 0 radical (unpaired) electrons. The van der Waals surface area contributed by atoms with Gasteiger partial charge in [0.25, 0.3) is 0 Å². The van der Waals surface area contributed by atoms with Crippen molar-refractivity contribution in [3.05, 3.63) is 63.7 Å². The van der Waals surface area contributed by atoms with E-state index in [1.807, 2.05) is 0 Å². The van der Waals surface area contributed by atoms with E-state index < -0.39 is 11.6 Å². The quantitative estimate of drug-likeness (QED) is 0.690. The predicted molar refractivity (Wildman–Crippen MR) is 82.2 cm³/mol. The highest BCUT2D eigenvalue weighted by Crippen LogP contribution is 2.32. The van der Waals surface area contributed by atoms with Crippen molar-refractivity contribution in [3.63, 3.8) is 0 Å². The fourth-order valence-corrected chi connectivity index (χ4v) is 2.47. The maximum atomic E-state index is 12.6. The van der Waals surface area contributed by atoms with Crippen LogP contribution in [0.15, 0.2) is 30.3 Å². The number of hydrogen-bond donors (Lipinski definition) is 1. The van der Waals surface area contributed by atoms with Crippen LogP contribution < -0.4 is 0 Å². The highest BCUT2D eigenvalue weighted by Gasteiger charge is 2.25. The van der Waals surface area contributed by atoms with Crippen LogP contribution in [0.2, 0.25) is 0 Å². The molecule has 3 nitrogen and oxygen atoms in total. The molecule has 21 heavy (non-hydrogen) atoms. The van der Waals surface area contributed by atoms with Crippen LogP contribution >= 0.6 is 0 Å². The van der Waals surface area contributed by atoms with Crippen molar-refractivity contribution in [2.75, 3.05) is 0 Å². The summed E-state index contributed by atoms with van der Waals surface area (Å²) in [5.74, 6) is -0.859. The van der Waals surface area contributed by atoms with Gasteiger partial charge in [-0.15, -0.1) is 0 Å². The minimum atomic E-state index is -0.526. The normalized spacial score (nSPS) is 10.5. The van der Waals surface area contributed by atoms with Crippen molar-refractivity contribution in [2.24, 2.45) is 0 Å². The topological polar surface area (TPSA) is 54.4 Å². The lowest BCUT2D eigenvalue weighted by Gasteiger charge is -2.16. The van der Waals surface area contributed by atoms with Crippen LogP contribution in [0.1, 0.15) is 43.0 Å². The molecule has 1 N–H and O–H groups in total. The van der Waals surface area contributed by atoms with Gasteiger partial charge in [-0.2, -0.15) is 0 Å². The van der Waals surface area contributed by atoms with Crippen LogP contribution in [0.5, 0.6) is 5.75 Å². The number of phenols is 1. The molecule has 0 bridgehead atoms. The molecule has 0 saturated heterocycles. The minimum Gasteiger partial charge on any atom is -0.507 e. The van der Waals surface area contributed by atoms with Crippen LogP contribution in [0.4, 0.5) is 0 Å². The Hall–Kier alpha value is -2.42. The number of aromatic hydroxyl groups is 1. The van der Waals surface area contributed by atoms with Gasteiger partial charge in [0.05, 0.1) is 0 Å². The highest BCUT2D eigenvalue weighted by atomic mass is 16.3. The maximum absolute atomic E-state index is 12.6. The third kappa shape index (κ3) is 2.47. The largest absolute Gasteiger partial charge is 0.507 e. The molecule has 0 heterocycles. The second kappa shape index (κ2) is 5.52. The molecule has 0 aliphatic rings. The van der Waals surface area contributed by atoms with Gasteiger partial charge in [-0.05, 0) is 49.9 Å². The molecule has 108 valence electrons. The van der Waals surface area contributed by atoms with Crippen LogP contribution in [0.3, 0.4) is 0 Å². The number of ketones is 2. The van der Waals surface area contributed by atoms with E-state index in [1.54, 1.807) is 58.0 Å². The van der Waals surface area contributed by atoms with Crippen molar-refractivity contribution in [1.82, 2.24) is 0 Å². The summed E-state index contributed by atoms with van der Waals surface area (Å²) in [6, 6.07) is 8.52. The molecule has 0 amide bonds. The SMILES string of the molecule is Cc1c(C)c(C(=O)C(=O)c2ccccc2)c(C)c(C)c1O. The first-order valence-electron chi connectivity index (χ1n) is 6.79. The number of benzene rings is 2. The zero-order valence-corrected chi connectivity index (χ0v) is 12.7. The predicted octanol–water partition coefficient (Wildman–Crippen LogP) is 3.69. The molecular formula is C18H18O3. The van der Waals surface area contributed by atoms with E-state index in [9.17, 15) is 14.7 Å². The van der Waals surface area contributed by atoms with Crippen molar-refractivity contribution in [3.8, 4) is 5.75 Å². The summed E-state index contributed by atoms with van der Waals surface area (Å²) in [6.07, 6.45) is 0. The lowest BCUT2D eigenvalue weighted by atomic mass is 9.88. The van der Waals surface area contributed by atoms with Gasteiger partial charge in [-0.25, -0.2) is 0 Å². The molecule has 3 heteroatoms. The zero-order chi connectivity index (χ0) is 15.7. The molecule has 0 aliphatic heterocycles. The number of carbonyl (C=O) groups excluding carboxylic acids is 2. The van der Waals surface area contributed by atoms with Crippen molar-refractivity contribution in [2.45, 2.75) is 27.7 Å². The summed E-state index contributed by atoms with van der Waals surface area (Å²) >= 11 is 0. The second-order valence-corrected chi connectivity index (χ2v) is 5.25. The Labute approximate surface area is 124 Å². The van der Waals surface area contributed by atoms with Gasteiger partial charge in [0, 0.05) is 11.1 Å². The Balaban J connectivity index is 2.58. The van der Waals surface area contributed by atoms with Gasteiger partial charge in [-0.1, -0.05) is 30.3 Å². The van der Waals surface area contributed by atoms with Crippen molar-refractivity contribution < 1.29 is 14.7 Å². The summed E-state index contributed by atoms with van der Waals surface area (Å²) in [6.45, 7) is 7.02. The minimum absolute atomic E-state index is 0.189. The molecule has 0 spiro atoms. The van der Waals surface area contributed by atoms with E-state index in [0.717, 1.165) is 0 Å². The molecule has 0 atom stereocenters. The average Bonchev–Trinajstić information content (AvgIpc) is 2.51. The number of rotatable bonds is 3. The zero-order valence-electron chi connectivity index (χ0n) is 12.7. The Kier molecular flexibility index (Phi) is 3.94. The van der Waals surface area contributed by atoms with Crippen LogP contribution in [0, 0.1) is 27.7 Å². The number of phenolic OH excluding ortho intramolecular Hbond substituents is 1. The molecule has 0 fully saturated rings. The summed E-state index contributed by atoms with van der Waals surface area (Å²) in [5.41, 5.74) is 3.38. The molecule has 2 aromatic rings. The van der Waals surface area contributed by atoms with Gasteiger partial charge in [0.15, 0.2) is 0 Å². The van der Waals surface area contributed by atoms with E-state index in [4.69, 9.17) is 0 Å². The maximum Gasteiger partial charge on any atom is 0.234 e. The van der Waals surface area contributed by atoms with E-state index in [2.05, 4.69) is 0 Å². The Morgan fingerprint density at radius 3 is 1.71 bits per heavy atom. The van der Waals surface area contributed by atoms with E-state index >= 15 is 0 Å². The summed E-state index contributed by atoms with van der Waals surface area (Å²) in [4.78, 5) is 24.9. The average molecular weight is 282 g/mol. The van der Waals surface area contributed by atoms with Crippen LogP contribution in [-0.4, -0.2) is 16.7 Å². The van der Waals surface area contributed by atoms with Crippen molar-refractivity contribution >= 4 is 11.6 Å². The Morgan fingerprint density at radius 2 is 1.24 bits per heavy atom. The smallest absolute Gasteiger partial charge is 0.234 e. The Morgan fingerprint density at radius 1 is 0.762 bits per heavy atom. The van der Waals surface area contributed by atoms with Gasteiger partial charge >= 0.3 is 0 Å². The molecule has 0 aromatic heterocycles. The third-order valence-electron chi connectivity index (χ3n) is 4.05. The first kappa shape index (κ1) is 15.0. The van der Waals surface area contributed by atoms with Crippen LogP contribution in [0.25, 0.3) is 0 Å². The first-order valence-corrected chi connectivity index (χ1v) is 6.79. The van der Waals surface area contributed by atoms with Gasteiger partial charge in [0.1, 0.15) is 5.75 Å². The van der Waals surface area contributed by atoms with E-state index in [-0.39, 0.29) is 5.75 Å². The van der Waals surface area contributed by atoms with Gasteiger partial charge in [-0.3, -0.25) is 9.59 Å². The highest BCUT2D eigenvalue weighted by molar-refractivity contribution is 6.49. The molecular weight excluding hydrogens is 264 g/mol. The fraction of sp³-hybridized carbons (Fsp3) is 0.222. The number of hydrogen-bond acceptors (Lipinski definition) is 3. The summed E-state index contributed by atoms with van der Waals surface area (Å²) in [5, 5.41) is 10.0. The molecule has 0 unspecified atom stereocenters. The van der Waals surface area contributed by atoms with Crippen LogP contribution in [-0.2, 0) is 0 Å². The molecule has 0 saturated carbocycles. The van der Waals surface area contributed by atoms with Gasteiger partial charge < -0.3 is 5.11 Å². The lowest BCUT2D eigenvalue weighted by Crippen LogP contribution is -2.18. The lowest BCUT2D eigenvalue weighted by molar-refractivity contribution is 0.0816. The van der Waals surface area contributed by atoms with E-state index in [0.29, 0.717) is 33.4 Å². The molecule has 2 rings (SSSR count). The third-order valence-corrected chi connectivity index (χ3v) is 4.05. The standard InChI is InChI=1S/C18H18O3/c1-10-12(3)16(19)13(4)11(2)15(10)18(21)17(20)14-8-6-5-7-9-14/h5-9,19H,1-4H3. The van der Waals surface area contributed by atoms with Gasteiger partial charge in [0.2, 0.25) is 11.6 Å². The summed E-state index contributed by atoms with van der Waals surface area (Å²) < 4.78 is 0. The second-order valence-electron chi connectivity index (χ2n) is 5.25. The number of Topliss-reactive ketones (excluding diaryl/α,β-unsaturated/α-hetero) is 2. The summed E-state index contributed by atoms with van der Waals surface area (Å²) in [7, 11) is 0. The van der Waals surface area contributed by atoms with E-state index in [1.165, 1.54) is 0 Å². The fourth-order valence-electron chi connectivity index (χ4n) is 2.47. The number of carbonyl (C=O) groups is 2.